The Balaban J connectivity index is 1.77. The summed E-state index contributed by atoms with van der Waals surface area (Å²) in [5.74, 6) is 0.249. The Labute approximate surface area is 152 Å². The van der Waals surface area contributed by atoms with Crippen LogP contribution in [0.5, 0.6) is 0 Å². The number of amides is 1. The van der Waals surface area contributed by atoms with E-state index in [0.29, 0.717) is 12.0 Å². The van der Waals surface area contributed by atoms with Gasteiger partial charge >= 0.3 is 0 Å². The monoisotopic (exact) mass is 375 g/mol. The van der Waals surface area contributed by atoms with Gasteiger partial charge in [0.15, 0.2) is 9.84 Å². The smallest absolute Gasteiger partial charge is 0.256 e. The van der Waals surface area contributed by atoms with E-state index >= 15 is 0 Å². The standard InChI is InChI=1S/C19H21NO3S2/c1-13-7-8-15(11-14(13)2)20-19(21)17-5-3-4-6-18(17)24-16-9-10-25(22,23)12-16/h3-8,11,16H,9-10,12H2,1-2H3,(H,20,21)/t16-/m1/s1. The van der Waals surface area contributed by atoms with Crippen molar-refractivity contribution in [3.8, 4) is 0 Å². The number of carbonyl (C=O) groups excluding carboxylic acids is 1. The minimum atomic E-state index is -2.93. The van der Waals surface area contributed by atoms with Crippen molar-refractivity contribution >= 4 is 33.2 Å². The largest absolute Gasteiger partial charge is 0.322 e. The van der Waals surface area contributed by atoms with Crippen LogP contribution in [0.25, 0.3) is 0 Å². The topological polar surface area (TPSA) is 63.2 Å². The van der Waals surface area contributed by atoms with Gasteiger partial charge in [-0.2, -0.15) is 0 Å². The molecular formula is C19H21NO3S2. The predicted octanol–water partition coefficient (Wildman–Crippen LogP) is 3.83. The van der Waals surface area contributed by atoms with E-state index in [4.69, 9.17) is 0 Å². The summed E-state index contributed by atoms with van der Waals surface area (Å²) in [6, 6.07) is 13.2. The fourth-order valence-corrected chi connectivity index (χ4v) is 6.43. The zero-order chi connectivity index (χ0) is 18.0. The summed E-state index contributed by atoms with van der Waals surface area (Å²) in [4.78, 5) is 13.5. The van der Waals surface area contributed by atoms with Crippen LogP contribution in [0.15, 0.2) is 47.4 Å². The Morgan fingerprint density at radius 3 is 2.56 bits per heavy atom. The summed E-state index contributed by atoms with van der Waals surface area (Å²) >= 11 is 1.48. The number of benzene rings is 2. The minimum absolute atomic E-state index is 0.0144. The molecule has 2 aromatic rings. The van der Waals surface area contributed by atoms with E-state index in [9.17, 15) is 13.2 Å². The van der Waals surface area contributed by atoms with Crippen molar-refractivity contribution in [3.63, 3.8) is 0 Å². The second-order valence-corrected chi connectivity index (χ2v) is 9.96. The summed E-state index contributed by atoms with van der Waals surface area (Å²) in [5.41, 5.74) is 3.64. The fourth-order valence-electron chi connectivity index (χ4n) is 2.81. The number of anilines is 1. The molecule has 1 aliphatic rings. The van der Waals surface area contributed by atoms with Crippen molar-refractivity contribution in [2.45, 2.75) is 30.4 Å². The molecule has 132 valence electrons. The number of sulfone groups is 1. The van der Waals surface area contributed by atoms with Gasteiger partial charge in [0, 0.05) is 15.8 Å². The molecule has 1 heterocycles. The van der Waals surface area contributed by atoms with Crippen LogP contribution in [0.1, 0.15) is 27.9 Å². The maximum atomic E-state index is 12.7. The molecule has 4 nitrogen and oxygen atoms in total. The summed E-state index contributed by atoms with van der Waals surface area (Å²) in [6.45, 7) is 4.04. The number of hydrogen-bond donors (Lipinski definition) is 1. The van der Waals surface area contributed by atoms with Crippen molar-refractivity contribution in [2.75, 3.05) is 16.8 Å². The third kappa shape index (κ3) is 4.44. The molecule has 25 heavy (non-hydrogen) atoms. The first-order valence-electron chi connectivity index (χ1n) is 8.19. The van der Waals surface area contributed by atoms with E-state index < -0.39 is 9.84 Å². The van der Waals surface area contributed by atoms with Crippen LogP contribution in [0.2, 0.25) is 0 Å². The maximum absolute atomic E-state index is 12.7. The number of rotatable bonds is 4. The number of nitrogens with one attached hydrogen (secondary N) is 1. The molecule has 1 amide bonds. The molecule has 0 spiro atoms. The Bertz CT molecular complexity index is 907. The van der Waals surface area contributed by atoms with Crippen LogP contribution in [-0.4, -0.2) is 31.1 Å². The third-order valence-corrected chi connectivity index (χ3v) is 7.71. The molecule has 0 bridgehead atoms. The second-order valence-electron chi connectivity index (χ2n) is 6.39. The molecule has 0 unspecified atom stereocenters. The highest BCUT2D eigenvalue weighted by molar-refractivity contribution is 8.02. The third-order valence-electron chi connectivity index (χ3n) is 4.38. The summed E-state index contributed by atoms with van der Waals surface area (Å²) in [6.07, 6.45) is 0.639. The summed E-state index contributed by atoms with van der Waals surface area (Å²) < 4.78 is 23.3. The molecule has 6 heteroatoms. The molecule has 0 saturated carbocycles. The SMILES string of the molecule is Cc1ccc(NC(=O)c2ccccc2S[C@@H]2CCS(=O)(=O)C2)cc1C. The number of aryl methyl sites for hydroxylation is 2. The fraction of sp³-hybridized carbons (Fsp3) is 0.316. The van der Waals surface area contributed by atoms with Crippen molar-refractivity contribution in [3.05, 3.63) is 59.2 Å². The average Bonchev–Trinajstić information content (AvgIpc) is 2.90. The molecule has 0 radical (unpaired) electrons. The molecular weight excluding hydrogens is 354 g/mol. The molecule has 1 fully saturated rings. The minimum Gasteiger partial charge on any atom is -0.322 e. The van der Waals surface area contributed by atoms with E-state index in [2.05, 4.69) is 5.32 Å². The van der Waals surface area contributed by atoms with Gasteiger partial charge in [-0.3, -0.25) is 4.79 Å². The van der Waals surface area contributed by atoms with Gasteiger partial charge in [0.05, 0.1) is 17.1 Å². The normalized spacial score (nSPS) is 18.9. The van der Waals surface area contributed by atoms with E-state index in [1.807, 2.05) is 50.2 Å². The molecule has 1 aliphatic heterocycles. The Hall–Kier alpha value is -1.79. The summed E-state index contributed by atoms with van der Waals surface area (Å²) in [7, 11) is -2.93. The maximum Gasteiger partial charge on any atom is 0.256 e. The lowest BCUT2D eigenvalue weighted by Gasteiger charge is -2.13. The van der Waals surface area contributed by atoms with E-state index in [-0.39, 0.29) is 22.7 Å². The zero-order valence-corrected chi connectivity index (χ0v) is 15.9. The predicted molar refractivity (Wildman–Crippen MR) is 103 cm³/mol. The van der Waals surface area contributed by atoms with E-state index in [1.54, 1.807) is 6.07 Å². The number of hydrogen-bond acceptors (Lipinski definition) is 4. The van der Waals surface area contributed by atoms with Crippen molar-refractivity contribution in [1.29, 1.82) is 0 Å². The second kappa shape index (κ2) is 7.22. The Morgan fingerprint density at radius 2 is 1.88 bits per heavy atom. The quantitative estimate of drug-likeness (QED) is 0.882. The first-order chi connectivity index (χ1) is 11.8. The molecule has 3 rings (SSSR count). The molecule has 0 aromatic heterocycles. The van der Waals surface area contributed by atoms with Crippen LogP contribution in [0.3, 0.4) is 0 Å². The van der Waals surface area contributed by atoms with Gasteiger partial charge in [0.2, 0.25) is 0 Å². The average molecular weight is 376 g/mol. The first-order valence-corrected chi connectivity index (χ1v) is 10.9. The van der Waals surface area contributed by atoms with Gasteiger partial charge < -0.3 is 5.32 Å². The van der Waals surface area contributed by atoms with Crippen LogP contribution in [0, 0.1) is 13.8 Å². The van der Waals surface area contributed by atoms with Gasteiger partial charge in [-0.1, -0.05) is 18.2 Å². The lowest BCUT2D eigenvalue weighted by atomic mass is 10.1. The molecule has 2 aromatic carbocycles. The van der Waals surface area contributed by atoms with Crippen LogP contribution in [0.4, 0.5) is 5.69 Å². The highest BCUT2D eigenvalue weighted by Crippen LogP contribution is 2.33. The number of carbonyl (C=O) groups is 1. The first kappa shape index (κ1) is 18.0. The zero-order valence-electron chi connectivity index (χ0n) is 14.3. The highest BCUT2D eigenvalue weighted by Gasteiger charge is 2.29. The van der Waals surface area contributed by atoms with Gasteiger partial charge in [0.25, 0.3) is 5.91 Å². The van der Waals surface area contributed by atoms with Crippen molar-refractivity contribution in [1.82, 2.24) is 0 Å². The Morgan fingerprint density at radius 1 is 1.12 bits per heavy atom. The molecule has 0 aliphatic carbocycles. The van der Waals surface area contributed by atoms with Gasteiger partial charge in [0.1, 0.15) is 0 Å². The van der Waals surface area contributed by atoms with Gasteiger partial charge in [-0.05, 0) is 55.7 Å². The molecule has 1 saturated heterocycles. The van der Waals surface area contributed by atoms with E-state index in [1.165, 1.54) is 17.3 Å². The lowest BCUT2D eigenvalue weighted by Crippen LogP contribution is -2.14. The summed E-state index contributed by atoms with van der Waals surface area (Å²) in [5, 5.41) is 2.95. The van der Waals surface area contributed by atoms with Crippen molar-refractivity contribution in [2.24, 2.45) is 0 Å². The van der Waals surface area contributed by atoms with Crippen molar-refractivity contribution < 1.29 is 13.2 Å². The van der Waals surface area contributed by atoms with Gasteiger partial charge in [-0.15, -0.1) is 11.8 Å². The van der Waals surface area contributed by atoms with Crippen LogP contribution >= 0.6 is 11.8 Å². The Kier molecular flexibility index (Phi) is 5.20. The number of thioether (sulfide) groups is 1. The van der Waals surface area contributed by atoms with Crippen LogP contribution < -0.4 is 5.32 Å². The lowest BCUT2D eigenvalue weighted by molar-refractivity contribution is 0.102. The molecule has 1 N–H and O–H groups in total. The highest BCUT2D eigenvalue weighted by atomic mass is 32.2. The molecule has 1 atom stereocenters. The van der Waals surface area contributed by atoms with Crippen LogP contribution in [-0.2, 0) is 9.84 Å². The van der Waals surface area contributed by atoms with Gasteiger partial charge in [-0.25, -0.2) is 8.42 Å². The van der Waals surface area contributed by atoms with E-state index in [0.717, 1.165) is 16.1 Å².